The molecule has 2 aromatic rings. The number of hydrogen-bond acceptors (Lipinski definition) is 0. The SMILES string of the molecule is CC1(C)[C@H]2CC[C@]1(C)c1c2c[n+]2n1CC[n+]1cccn1CC2. The van der Waals surface area contributed by atoms with Crippen LogP contribution in [0.15, 0.2) is 24.7 Å². The van der Waals surface area contributed by atoms with Crippen molar-refractivity contribution in [3.63, 3.8) is 0 Å². The fourth-order valence-corrected chi connectivity index (χ4v) is 5.54. The number of rotatable bonds is 0. The fraction of sp³-hybridized carbons (Fsp3) is 0.667. The summed E-state index contributed by atoms with van der Waals surface area (Å²) in [5.74, 6) is 0.757. The van der Waals surface area contributed by atoms with Crippen LogP contribution in [0.25, 0.3) is 0 Å². The van der Waals surface area contributed by atoms with Gasteiger partial charge in [-0.3, -0.25) is 0 Å². The number of nitrogens with zero attached hydrogens (tertiary/aromatic N) is 4. The van der Waals surface area contributed by atoms with Crippen LogP contribution in [0.2, 0.25) is 0 Å². The zero-order chi connectivity index (χ0) is 15.1. The zero-order valence-corrected chi connectivity index (χ0v) is 13.9. The Morgan fingerprint density at radius 3 is 2.82 bits per heavy atom. The minimum Gasteiger partial charge on any atom is -0.154 e. The minimum absolute atomic E-state index is 0.351. The van der Waals surface area contributed by atoms with Gasteiger partial charge >= 0.3 is 0 Å². The van der Waals surface area contributed by atoms with Gasteiger partial charge in [0.25, 0.3) is 0 Å². The summed E-state index contributed by atoms with van der Waals surface area (Å²) in [5.41, 5.74) is 4.06. The summed E-state index contributed by atoms with van der Waals surface area (Å²) >= 11 is 0. The predicted molar refractivity (Wildman–Crippen MR) is 82.4 cm³/mol. The van der Waals surface area contributed by atoms with Gasteiger partial charge in [-0.25, -0.2) is 0 Å². The Bertz CT molecular complexity index is 766. The predicted octanol–water partition coefficient (Wildman–Crippen LogP) is 1.75. The Kier molecular flexibility index (Phi) is 2.25. The highest BCUT2D eigenvalue weighted by molar-refractivity contribution is 5.43. The summed E-state index contributed by atoms with van der Waals surface area (Å²) in [6.07, 6.45) is 9.60. The van der Waals surface area contributed by atoms with E-state index < -0.39 is 0 Å². The third kappa shape index (κ3) is 1.31. The first-order chi connectivity index (χ1) is 10.5. The molecule has 116 valence electrons. The van der Waals surface area contributed by atoms with E-state index in [9.17, 15) is 0 Å². The normalized spacial score (nSPS) is 31.3. The van der Waals surface area contributed by atoms with Crippen LogP contribution < -0.4 is 9.36 Å². The molecule has 5 rings (SSSR count). The van der Waals surface area contributed by atoms with Crippen molar-refractivity contribution in [3.8, 4) is 0 Å². The second kappa shape index (κ2) is 3.84. The van der Waals surface area contributed by atoms with Gasteiger partial charge in [-0.1, -0.05) is 20.8 Å². The highest BCUT2D eigenvalue weighted by Crippen LogP contribution is 2.67. The molecule has 0 spiro atoms. The Balaban J connectivity index is 1.64. The van der Waals surface area contributed by atoms with E-state index in [-0.39, 0.29) is 0 Å². The van der Waals surface area contributed by atoms with Gasteiger partial charge in [0.05, 0.1) is 11.9 Å². The zero-order valence-electron chi connectivity index (χ0n) is 13.9. The van der Waals surface area contributed by atoms with Gasteiger partial charge in [-0.2, -0.15) is 9.36 Å². The summed E-state index contributed by atoms with van der Waals surface area (Å²) in [7, 11) is 0. The van der Waals surface area contributed by atoms with Crippen molar-refractivity contribution >= 4 is 0 Å². The third-order valence-electron chi connectivity index (χ3n) is 7.20. The van der Waals surface area contributed by atoms with Crippen LogP contribution in [0.3, 0.4) is 0 Å². The second-order valence-corrected chi connectivity index (χ2v) is 8.18. The molecular weight excluding hydrogens is 272 g/mol. The van der Waals surface area contributed by atoms with Gasteiger partial charge < -0.3 is 0 Å². The highest BCUT2D eigenvalue weighted by Gasteiger charge is 2.63. The van der Waals surface area contributed by atoms with Gasteiger partial charge in [-0.15, -0.1) is 9.36 Å². The number of aryl methyl sites for hydroxylation is 3. The summed E-state index contributed by atoms with van der Waals surface area (Å²) in [4.78, 5) is 0. The standard InChI is InChI=1S/C18H26N4/c1-17(2)15-5-6-18(17,3)16-14(15)13-21-10-9-19-7-4-8-20(19)11-12-22(16)21/h4,7-8,13,15H,5-6,9-12H2,1-3H3/q+2/t15-,18+/m0/s1. The van der Waals surface area contributed by atoms with Gasteiger partial charge in [0.15, 0.2) is 25.5 Å². The molecule has 0 aromatic carbocycles. The van der Waals surface area contributed by atoms with E-state index in [2.05, 4.69) is 64.2 Å². The maximum Gasteiger partial charge on any atom is 0.199 e. The molecule has 4 nitrogen and oxygen atoms in total. The van der Waals surface area contributed by atoms with Crippen LogP contribution in [0, 0.1) is 5.41 Å². The molecule has 2 bridgehead atoms. The van der Waals surface area contributed by atoms with Crippen molar-refractivity contribution < 1.29 is 9.36 Å². The van der Waals surface area contributed by atoms with Crippen molar-refractivity contribution in [1.29, 1.82) is 0 Å². The first kappa shape index (κ1) is 12.9. The Morgan fingerprint density at radius 1 is 1.14 bits per heavy atom. The molecule has 3 heterocycles. The van der Waals surface area contributed by atoms with E-state index >= 15 is 0 Å². The summed E-state index contributed by atoms with van der Waals surface area (Å²) in [6.45, 7) is 11.8. The first-order valence-corrected chi connectivity index (χ1v) is 8.71. The lowest BCUT2D eigenvalue weighted by atomic mass is 9.70. The van der Waals surface area contributed by atoms with Gasteiger partial charge in [-0.05, 0) is 24.2 Å². The molecular formula is C18H26N4+2. The van der Waals surface area contributed by atoms with Crippen LogP contribution in [0.1, 0.15) is 50.8 Å². The fourth-order valence-electron chi connectivity index (χ4n) is 5.54. The Labute approximate surface area is 131 Å². The maximum atomic E-state index is 2.61. The van der Waals surface area contributed by atoms with Crippen LogP contribution in [-0.4, -0.2) is 9.36 Å². The maximum absolute atomic E-state index is 2.61. The average molecular weight is 298 g/mol. The molecule has 0 unspecified atom stereocenters. The van der Waals surface area contributed by atoms with E-state index in [1.54, 1.807) is 11.3 Å². The average Bonchev–Trinajstić information content (AvgIpc) is 3.13. The van der Waals surface area contributed by atoms with E-state index in [1.807, 2.05) is 0 Å². The lowest BCUT2D eigenvalue weighted by Crippen LogP contribution is -2.55. The lowest BCUT2D eigenvalue weighted by molar-refractivity contribution is -0.825. The molecule has 2 aromatic heterocycles. The van der Waals surface area contributed by atoms with Crippen LogP contribution in [0.4, 0.5) is 0 Å². The van der Waals surface area contributed by atoms with Crippen LogP contribution >= 0.6 is 0 Å². The van der Waals surface area contributed by atoms with Crippen molar-refractivity contribution in [2.24, 2.45) is 5.41 Å². The van der Waals surface area contributed by atoms with Gasteiger partial charge in [0, 0.05) is 17.0 Å². The molecule has 0 saturated heterocycles. The molecule has 3 aliphatic rings. The van der Waals surface area contributed by atoms with E-state index in [1.165, 1.54) is 12.8 Å². The molecule has 1 aliphatic heterocycles. The molecule has 0 amide bonds. The highest BCUT2D eigenvalue weighted by atomic mass is 15.5. The minimum atomic E-state index is 0.351. The molecule has 1 saturated carbocycles. The quantitative estimate of drug-likeness (QED) is 0.660. The van der Waals surface area contributed by atoms with Crippen molar-refractivity contribution in [1.82, 2.24) is 9.36 Å². The van der Waals surface area contributed by atoms with Crippen molar-refractivity contribution in [2.45, 2.75) is 71.1 Å². The van der Waals surface area contributed by atoms with Crippen molar-refractivity contribution in [2.75, 3.05) is 0 Å². The van der Waals surface area contributed by atoms with E-state index in [4.69, 9.17) is 0 Å². The molecule has 0 N–H and O–H groups in total. The largest absolute Gasteiger partial charge is 0.199 e. The number of aromatic nitrogens is 4. The summed E-state index contributed by atoms with van der Waals surface area (Å²) in [6, 6.07) is 2.15. The molecule has 2 atom stereocenters. The van der Waals surface area contributed by atoms with Crippen LogP contribution in [0.5, 0.6) is 0 Å². The topological polar surface area (TPSA) is 17.6 Å². The molecule has 1 fully saturated rings. The number of hydrogen-bond donors (Lipinski definition) is 0. The summed E-state index contributed by atoms with van der Waals surface area (Å²) in [5, 5.41) is 0. The van der Waals surface area contributed by atoms with Gasteiger partial charge in [0.1, 0.15) is 13.1 Å². The second-order valence-electron chi connectivity index (χ2n) is 8.18. The Hall–Kier alpha value is -1.58. The van der Waals surface area contributed by atoms with E-state index in [0.717, 1.165) is 32.1 Å². The molecule has 4 heteroatoms. The third-order valence-corrected chi connectivity index (χ3v) is 7.20. The lowest BCUT2D eigenvalue weighted by Gasteiger charge is -2.35. The molecule has 0 radical (unpaired) electrons. The first-order valence-electron chi connectivity index (χ1n) is 8.71. The molecule has 22 heavy (non-hydrogen) atoms. The van der Waals surface area contributed by atoms with Gasteiger partial charge in [0.2, 0.25) is 0 Å². The number of fused-ring (bicyclic) bond motifs is 8. The van der Waals surface area contributed by atoms with Crippen molar-refractivity contribution in [3.05, 3.63) is 35.9 Å². The van der Waals surface area contributed by atoms with Crippen LogP contribution in [-0.2, 0) is 31.6 Å². The monoisotopic (exact) mass is 298 g/mol. The summed E-state index contributed by atoms with van der Waals surface area (Å²) < 4.78 is 9.81. The van der Waals surface area contributed by atoms with E-state index in [0.29, 0.717) is 10.8 Å². The Morgan fingerprint density at radius 2 is 1.95 bits per heavy atom. The molecule has 2 aliphatic carbocycles. The smallest absolute Gasteiger partial charge is 0.154 e.